The fourth-order valence-electron chi connectivity index (χ4n) is 6.98. The maximum atomic E-state index is 15.7. The Hall–Kier alpha value is -3.02. The smallest absolute Gasteiger partial charge is 0.235 e. The highest BCUT2D eigenvalue weighted by Gasteiger charge is 2.69. The lowest BCUT2D eigenvalue weighted by molar-refractivity contribution is -0.181. The Balaban J connectivity index is 1.63. The summed E-state index contributed by atoms with van der Waals surface area (Å²) >= 11 is 0. The molecule has 1 heterocycles. The Bertz CT molecular complexity index is 1240. The number of nitrogens with one attached hydrogen (secondary N) is 1. The van der Waals surface area contributed by atoms with E-state index in [9.17, 15) is 34.2 Å². The molecule has 10 nitrogen and oxygen atoms in total. The molecule has 3 fully saturated rings. The Morgan fingerprint density at radius 2 is 1.97 bits per heavy atom. The van der Waals surface area contributed by atoms with E-state index in [1.165, 1.54) is 11.0 Å². The van der Waals surface area contributed by atoms with Gasteiger partial charge in [-0.15, -0.1) is 0 Å². The number of nitrogens with zero attached hydrogens (tertiary/aromatic N) is 1. The average Bonchev–Trinajstić information content (AvgIpc) is 3.37. The van der Waals surface area contributed by atoms with Crippen LogP contribution in [0.2, 0.25) is 0 Å². The molecule has 7 atom stereocenters. The number of aliphatic hydroxyl groups is 1. The first-order valence-electron chi connectivity index (χ1n) is 12.6. The number of amides is 1. The van der Waals surface area contributed by atoms with Gasteiger partial charge in [0.25, 0.3) is 0 Å². The van der Waals surface area contributed by atoms with E-state index < -0.39 is 75.9 Å². The lowest BCUT2D eigenvalue weighted by Crippen LogP contribution is -2.74. The minimum absolute atomic E-state index is 0.00272. The second kappa shape index (κ2) is 8.78. The minimum atomic E-state index is -2.79. The number of rotatable bonds is 4. The van der Waals surface area contributed by atoms with E-state index in [4.69, 9.17) is 5.73 Å². The number of phenolic OH excluding ortho intramolecular Hbond substituents is 1. The Labute approximate surface area is 212 Å². The number of carbonyl (C=O) groups is 5. The van der Waals surface area contributed by atoms with Crippen LogP contribution in [0.4, 0.5) is 4.39 Å². The van der Waals surface area contributed by atoms with E-state index in [1.54, 1.807) is 14.0 Å². The number of Topliss-reactive ketones (excluding diaryl/α,β-unsaturated/α-hetero) is 4. The highest BCUT2D eigenvalue weighted by atomic mass is 19.1. The van der Waals surface area contributed by atoms with Crippen molar-refractivity contribution in [2.24, 2.45) is 29.4 Å². The molecule has 11 heteroatoms. The summed E-state index contributed by atoms with van der Waals surface area (Å²) in [6.45, 7) is 2.72. The van der Waals surface area contributed by atoms with Gasteiger partial charge in [-0.25, -0.2) is 4.39 Å². The lowest BCUT2D eigenvalue weighted by Gasteiger charge is -2.52. The third kappa shape index (κ3) is 3.44. The number of carbonyl (C=O) groups excluding carboxylic acids is 5. The topological polar surface area (TPSA) is 167 Å². The Morgan fingerprint density at radius 1 is 1.27 bits per heavy atom. The van der Waals surface area contributed by atoms with Crippen LogP contribution in [-0.2, 0) is 25.6 Å². The quantitative estimate of drug-likeness (QED) is 0.398. The summed E-state index contributed by atoms with van der Waals surface area (Å²) in [5.41, 5.74) is 2.45. The van der Waals surface area contributed by atoms with Crippen LogP contribution in [0.3, 0.4) is 0 Å². The van der Waals surface area contributed by atoms with Crippen molar-refractivity contribution in [2.45, 2.75) is 50.3 Å². The minimum Gasteiger partial charge on any atom is -0.507 e. The molecule has 0 radical (unpaired) electrons. The summed E-state index contributed by atoms with van der Waals surface area (Å²) in [6.07, 6.45) is 1.30. The van der Waals surface area contributed by atoms with Crippen molar-refractivity contribution >= 4 is 29.0 Å². The molecule has 1 amide bonds. The Morgan fingerprint density at radius 3 is 2.57 bits per heavy atom. The monoisotopic (exact) mass is 515 g/mol. The van der Waals surface area contributed by atoms with Crippen LogP contribution in [0.15, 0.2) is 6.07 Å². The van der Waals surface area contributed by atoms with Gasteiger partial charge in [-0.2, -0.15) is 0 Å². The van der Waals surface area contributed by atoms with Crippen molar-refractivity contribution in [1.29, 1.82) is 0 Å². The van der Waals surface area contributed by atoms with E-state index >= 15 is 4.39 Å². The van der Waals surface area contributed by atoms with Gasteiger partial charge in [-0.1, -0.05) is 6.92 Å². The molecule has 1 saturated heterocycles. The molecule has 5 N–H and O–H groups in total. The van der Waals surface area contributed by atoms with Gasteiger partial charge >= 0.3 is 0 Å². The summed E-state index contributed by atoms with van der Waals surface area (Å²) in [6, 6.07) is -0.303. The number of likely N-dealkylation sites (N-methyl/N-ethyl adjacent to an activating group) is 1. The largest absolute Gasteiger partial charge is 0.507 e. The van der Waals surface area contributed by atoms with E-state index in [1.807, 2.05) is 0 Å². The van der Waals surface area contributed by atoms with E-state index in [2.05, 4.69) is 5.32 Å². The van der Waals surface area contributed by atoms with Crippen LogP contribution in [0.25, 0.3) is 0 Å². The van der Waals surface area contributed by atoms with Gasteiger partial charge in [-0.3, -0.25) is 28.9 Å². The summed E-state index contributed by atoms with van der Waals surface area (Å²) in [5.74, 6) is -12.1. The van der Waals surface area contributed by atoms with E-state index in [0.717, 1.165) is 6.42 Å². The fraction of sp³-hybridized carbons (Fsp3) is 0.577. The average molecular weight is 516 g/mol. The molecule has 0 bridgehead atoms. The summed E-state index contributed by atoms with van der Waals surface area (Å²) in [4.78, 5) is 67.5. The van der Waals surface area contributed by atoms with Gasteiger partial charge in [-0.05, 0) is 57.8 Å². The number of ketones is 4. The number of phenols is 1. The van der Waals surface area contributed by atoms with Crippen LogP contribution in [-0.4, -0.2) is 75.9 Å². The first-order valence-corrected chi connectivity index (χ1v) is 12.6. The van der Waals surface area contributed by atoms with Gasteiger partial charge < -0.3 is 21.3 Å². The highest BCUT2D eigenvalue weighted by molar-refractivity contribution is 6.32. The summed E-state index contributed by atoms with van der Waals surface area (Å²) < 4.78 is 15.7. The van der Waals surface area contributed by atoms with Crippen LogP contribution in [0, 0.1) is 29.5 Å². The number of hydrogen-bond acceptors (Lipinski definition) is 9. The SMILES string of the molecule is CCN(C)C1C(=O)C(C(N)=O)C(=O)C2(O)C(=O)C3C(=O)c4c(O)cc(C5CCCN5)c(F)c4CC3CC12. The second-order valence-corrected chi connectivity index (χ2v) is 10.7. The molecule has 198 valence electrons. The summed E-state index contributed by atoms with van der Waals surface area (Å²) in [7, 11) is 1.56. The number of halogens is 1. The van der Waals surface area contributed by atoms with Crippen LogP contribution >= 0.6 is 0 Å². The molecule has 3 aliphatic carbocycles. The molecule has 1 aliphatic heterocycles. The van der Waals surface area contributed by atoms with Crippen molar-refractivity contribution in [2.75, 3.05) is 20.1 Å². The molecule has 2 saturated carbocycles. The molecule has 0 aromatic heterocycles. The van der Waals surface area contributed by atoms with Gasteiger partial charge in [0.15, 0.2) is 34.7 Å². The predicted octanol–water partition coefficient (Wildman–Crippen LogP) is -0.179. The molecule has 0 spiro atoms. The predicted molar refractivity (Wildman–Crippen MR) is 126 cm³/mol. The zero-order valence-corrected chi connectivity index (χ0v) is 20.6. The van der Waals surface area contributed by atoms with Crippen LogP contribution < -0.4 is 11.1 Å². The lowest BCUT2D eigenvalue weighted by atomic mass is 9.52. The van der Waals surface area contributed by atoms with Crippen molar-refractivity contribution in [1.82, 2.24) is 10.2 Å². The van der Waals surface area contributed by atoms with Crippen molar-refractivity contribution in [3.05, 3.63) is 28.6 Å². The number of nitrogens with two attached hydrogens (primary N) is 1. The third-order valence-electron chi connectivity index (χ3n) is 8.88. The number of hydrogen-bond donors (Lipinski definition) is 4. The van der Waals surface area contributed by atoms with Crippen molar-refractivity contribution in [3.63, 3.8) is 0 Å². The number of benzene rings is 1. The maximum absolute atomic E-state index is 15.7. The van der Waals surface area contributed by atoms with Gasteiger partial charge in [0.1, 0.15) is 11.6 Å². The normalized spacial score (nSPS) is 35.4. The van der Waals surface area contributed by atoms with Gasteiger partial charge in [0.05, 0.1) is 17.5 Å². The van der Waals surface area contributed by atoms with Crippen molar-refractivity contribution in [3.8, 4) is 5.75 Å². The zero-order chi connectivity index (χ0) is 27.0. The summed E-state index contributed by atoms with van der Waals surface area (Å²) in [5, 5.41) is 25.5. The molecular formula is C26H30FN3O7. The molecule has 1 aromatic rings. The van der Waals surface area contributed by atoms with Crippen LogP contribution in [0.5, 0.6) is 5.75 Å². The molecule has 4 aliphatic rings. The van der Waals surface area contributed by atoms with Crippen molar-refractivity contribution < 1.29 is 38.6 Å². The zero-order valence-electron chi connectivity index (χ0n) is 20.6. The first kappa shape index (κ1) is 25.6. The fourth-order valence-corrected chi connectivity index (χ4v) is 6.98. The highest BCUT2D eigenvalue weighted by Crippen LogP contribution is 2.51. The molecule has 5 rings (SSSR count). The Kier molecular flexibility index (Phi) is 6.08. The van der Waals surface area contributed by atoms with Crippen LogP contribution in [0.1, 0.15) is 53.7 Å². The second-order valence-electron chi connectivity index (χ2n) is 10.7. The molecule has 7 unspecified atom stereocenters. The first-order chi connectivity index (χ1) is 17.4. The molecule has 37 heavy (non-hydrogen) atoms. The maximum Gasteiger partial charge on any atom is 0.235 e. The van der Waals surface area contributed by atoms with Gasteiger partial charge in [0.2, 0.25) is 5.91 Å². The molecular weight excluding hydrogens is 485 g/mol. The van der Waals surface area contributed by atoms with E-state index in [0.29, 0.717) is 19.5 Å². The molecule has 1 aromatic carbocycles. The standard InChI is InChI=1S/C26H30FN3O7/c1-3-30(2)20-13-8-10-7-12-17(15(31)9-11(19(12)27)14-5-4-6-29-14)21(32)16(10)23(34)26(13,37)24(35)18(22(20)33)25(28)36/h9-10,13-14,16,18,20,29,31,37H,3-8H2,1-2H3,(H2,28,36). The third-order valence-corrected chi connectivity index (χ3v) is 8.88. The van der Waals surface area contributed by atoms with Gasteiger partial charge in [0, 0.05) is 23.1 Å². The number of aromatic hydroxyl groups is 1. The van der Waals surface area contributed by atoms with E-state index in [-0.39, 0.29) is 35.6 Å². The number of fused-ring (bicyclic) bond motifs is 3. The number of primary amides is 1.